The highest BCUT2D eigenvalue weighted by Gasteiger charge is 2.34. The molecule has 0 aliphatic rings. The maximum absolute atomic E-state index is 12.8. The highest BCUT2D eigenvalue weighted by Crippen LogP contribution is 2.29. The molecule has 37 heavy (non-hydrogen) atoms. The third-order valence-electron chi connectivity index (χ3n) is 5.96. The van der Waals surface area contributed by atoms with E-state index in [1.807, 2.05) is 18.2 Å². The zero-order valence-corrected chi connectivity index (χ0v) is 26.4. The number of hydrogen-bond acceptors (Lipinski definition) is 7. The molecule has 0 N–H and O–H groups in total. The zero-order chi connectivity index (χ0) is 27.6. The van der Waals surface area contributed by atoms with Gasteiger partial charge in [0.1, 0.15) is 13.6 Å². The predicted molar refractivity (Wildman–Crippen MR) is 154 cm³/mol. The van der Waals surface area contributed by atoms with Crippen molar-refractivity contribution >= 4 is 22.1 Å². The van der Waals surface area contributed by atoms with Crippen molar-refractivity contribution in [3.8, 4) is 0 Å². The second kappa shape index (κ2) is 18.3. The number of carbonyl (C=O) groups is 1. The Morgan fingerprint density at radius 1 is 0.757 bits per heavy atom. The first kappa shape index (κ1) is 34.0. The lowest BCUT2D eigenvalue weighted by molar-refractivity contribution is -0.198. The molecule has 1 rings (SSSR count). The van der Waals surface area contributed by atoms with E-state index in [1.54, 1.807) is 0 Å². The van der Waals surface area contributed by atoms with E-state index in [1.165, 1.54) is 5.56 Å². The van der Waals surface area contributed by atoms with Crippen LogP contribution in [0.15, 0.2) is 30.3 Å². The molecule has 0 aliphatic heterocycles. The summed E-state index contributed by atoms with van der Waals surface area (Å²) in [4.78, 5) is 12.8. The van der Waals surface area contributed by atoms with Crippen LogP contribution in [0.1, 0.15) is 38.2 Å². The van der Waals surface area contributed by atoms with Gasteiger partial charge in [-0.1, -0.05) is 83.0 Å². The molecule has 0 fully saturated rings. The Hall–Kier alpha value is -1.08. The fourth-order valence-corrected chi connectivity index (χ4v) is 5.13. The van der Waals surface area contributed by atoms with E-state index >= 15 is 0 Å². The average Bonchev–Trinajstić information content (AvgIpc) is 2.81. The fourth-order valence-electron chi connectivity index (χ4n) is 3.62. The van der Waals surface area contributed by atoms with Crippen molar-refractivity contribution in [1.82, 2.24) is 0 Å². The summed E-state index contributed by atoms with van der Waals surface area (Å²) in [6.07, 6.45) is 3.20. The lowest BCUT2D eigenvalue weighted by Gasteiger charge is -2.33. The molecule has 0 spiro atoms. The van der Waals surface area contributed by atoms with Crippen LogP contribution in [0.25, 0.3) is 0 Å². The monoisotopic (exact) mass is 556 g/mol. The van der Waals surface area contributed by atoms with Crippen molar-refractivity contribution in [2.45, 2.75) is 96.0 Å². The topological polar surface area (TPSA) is 72.5 Å². The van der Waals surface area contributed by atoms with Crippen LogP contribution < -0.4 is 0 Å². The quantitative estimate of drug-likeness (QED) is 0.0682. The van der Waals surface area contributed by atoms with Gasteiger partial charge in [-0.3, -0.25) is 4.79 Å². The van der Waals surface area contributed by atoms with E-state index < -0.39 is 21.7 Å². The van der Waals surface area contributed by atoms with Crippen molar-refractivity contribution in [3.05, 3.63) is 35.9 Å². The van der Waals surface area contributed by atoms with Gasteiger partial charge in [-0.15, -0.1) is 0 Å². The number of hydrogen-bond donors (Lipinski definition) is 0. The van der Waals surface area contributed by atoms with Crippen LogP contribution in [0.3, 0.4) is 0 Å². The molecular formula is C28H52O7Si2. The van der Waals surface area contributed by atoms with Crippen LogP contribution in [0.4, 0.5) is 0 Å². The molecule has 0 saturated heterocycles. The Balaban J connectivity index is 2.56. The zero-order valence-electron chi connectivity index (χ0n) is 24.4. The maximum Gasteiger partial charge on any atom is 0.310 e. The molecule has 0 unspecified atom stereocenters. The molecule has 0 radical (unpaired) electrons. The third-order valence-corrected chi connectivity index (χ3v) is 9.37. The summed E-state index contributed by atoms with van der Waals surface area (Å²) in [6, 6.07) is 12.4. The highest BCUT2D eigenvalue weighted by atomic mass is 28.3. The van der Waals surface area contributed by atoms with Gasteiger partial charge >= 0.3 is 5.97 Å². The maximum atomic E-state index is 12.8. The highest BCUT2D eigenvalue weighted by molar-refractivity contribution is 6.76. The van der Waals surface area contributed by atoms with Crippen molar-refractivity contribution in [1.29, 1.82) is 0 Å². The SMILES string of the molecule is CCC[C@@](CCc1ccccc1)(CC(=O)OCOCOCC[Si](C)(C)C)OCOCOCC[Si](C)(C)C. The standard InChI is InChI=1S/C28H52O7Si2/c1-8-15-28(16-14-26-12-10-9-11-13-26,35-25-33-23-31-18-20-37(5,6)7)21-27(29)34-24-32-22-30-17-19-36(2,3)4/h9-13H,8,14-25H2,1-7H3/t28-/m1/s1. The third kappa shape index (κ3) is 18.8. The Morgan fingerprint density at radius 3 is 1.86 bits per heavy atom. The van der Waals surface area contributed by atoms with Gasteiger partial charge in [-0.05, 0) is 36.9 Å². The summed E-state index contributed by atoms with van der Waals surface area (Å²) in [7, 11) is -2.27. The molecule has 1 atom stereocenters. The minimum atomic E-state index is -1.14. The smallest absolute Gasteiger partial charge is 0.310 e. The number of benzene rings is 1. The van der Waals surface area contributed by atoms with Crippen molar-refractivity contribution in [2.75, 3.05) is 40.4 Å². The molecule has 0 aliphatic carbocycles. The summed E-state index contributed by atoms with van der Waals surface area (Å²) in [5.41, 5.74) is 0.516. The molecule has 1 aromatic carbocycles. The molecule has 0 bridgehead atoms. The molecule has 9 heteroatoms. The van der Waals surface area contributed by atoms with Gasteiger partial charge in [0, 0.05) is 29.4 Å². The van der Waals surface area contributed by atoms with Crippen molar-refractivity contribution < 1.29 is 33.2 Å². The Morgan fingerprint density at radius 2 is 1.32 bits per heavy atom. The lowest BCUT2D eigenvalue weighted by atomic mass is 9.87. The van der Waals surface area contributed by atoms with Crippen LogP contribution in [0.2, 0.25) is 51.4 Å². The summed E-state index contributed by atoms with van der Waals surface area (Å²) in [5, 5.41) is 0. The Bertz CT molecular complexity index is 719. The van der Waals surface area contributed by atoms with Gasteiger partial charge in [-0.2, -0.15) is 0 Å². The summed E-state index contributed by atoms with van der Waals surface area (Å²) >= 11 is 0. The summed E-state index contributed by atoms with van der Waals surface area (Å²) in [6.45, 7) is 17.5. The van der Waals surface area contributed by atoms with Gasteiger partial charge in [0.2, 0.25) is 0 Å². The number of ether oxygens (including phenoxy) is 6. The minimum Gasteiger partial charge on any atom is -0.438 e. The van der Waals surface area contributed by atoms with Crippen LogP contribution in [-0.4, -0.2) is 68.1 Å². The molecular weight excluding hydrogens is 504 g/mol. The molecule has 0 aromatic heterocycles. The van der Waals surface area contributed by atoms with Gasteiger partial charge in [0.25, 0.3) is 0 Å². The molecule has 7 nitrogen and oxygen atoms in total. The van der Waals surface area contributed by atoms with Gasteiger partial charge in [0.15, 0.2) is 13.6 Å². The molecule has 1 aromatic rings. The summed E-state index contributed by atoms with van der Waals surface area (Å²) < 4.78 is 33.7. The van der Waals surface area contributed by atoms with Crippen LogP contribution in [-0.2, 0) is 39.6 Å². The van der Waals surface area contributed by atoms with Crippen molar-refractivity contribution in [2.24, 2.45) is 0 Å². The van der Waals surface area contributed by atoms with E-state index in [0.717, 1.165) is 31.4 Å². The minimum absolute atomic E-state index is 0.0659. The first-order valence-corrected chi connectivity index (χ1v) is 21.0. The number of carbonyl (C=O) groups excluding carboxylic acids is 1. The fraction of sp³-hybridized carbons (Fsp3) is 0.750. The van der Waals surface area contributed by atoms with Crippen LogP contribution >= 0.6 is 0 Å². The van der Waals surface area contributed by atoms with Gasteiger partial charge in [0.05, 0.1) is 12.0 Å². The molecule has 0 saturated carbocycles. The molecule has 214 valence electrons. The van der Waals surface area contributed by atoms with E-state index in [-0.39, 0.29) is 39.6 Å². The van der Waals surface area contributed by atoms with E-state index in [9.17, 15) is 4.79 Å². The second-order valence-corrected chi connectivity index (χ2v) is 23.3. The first-order valence-electron chi connectivity index (χ1n) is 13.6. The largest absolute Gasteiger partial charge is 0.438 e. The van der Waals surface area contributed by atoms with Crippen LogP contribution in [0.5, 0.6) is 0 Å². The number of esters is 1. The van der Waals surface area contributed by atoms with Crippen molar-refractivity contribution in [3.63, 3.8) is 0 Å². The normalized spacial score (nSPS) is 13.9. The van der Waals surface area contributed by atoms with Crippen LogP contribution in [0, 0.1) is 0 Å². The van der Waals surface area contributed by atoms with Gasteiger partial charge < -0.3 is 28.4 Å². The number of rotatable bonds is 22. The van der Waals surface area contributed by atoms with E-state index in [4.69, 9.17) is 28.4 Å². The Kier molecular flexibility index (Phi) is 16.7. The van der Waals surface area contributed by atoms with Gasteiger partial charge in [-0.25, -0.2) is 0 Å². The molecule has 0 amide bonds. The average molecular weight is 557 g/mol. The molecule has 0 heterocycles. The number of aryl methyl sites for hydroxylation is 1. The van der Waals surface area contributed by atoms with E-state index in [0.29, 0.717) is 19.6 Å². The lowest BCUT2D eigenvalue weighted by Crippen LogP contribution is -2.37. The summed E-state index contributed by atoms with van der Waals surface area (Å²) in [5.74, 6) is -0.352. The Labute approximate surface area is 227 Å². The predicted octanol–water partition coefficient (Wildman–Crippen LogP) is 6.68. The van der Waals surface area contributed by atoms with E-state index in [2.05, 4.69) is 58.3 Å². The second-order valence-electron chi connectivity index (χ2n) is 12.1. The first-order chi connectivity index (χ1) is 17.4.